The number of anilines is 1. The van der Waals surface area contributed by atoms with Crippen LogP contribution in [0.3, 0.4) is 0 Å². The molecule has 0 spiro atoms. The molecule has 120 valence electrons. The largest absolute Gasteiger partial charge is 0.373 e. The van der Waals surface area contributed by atoms with Crippen LogP contribution in [0.25, 0.3) is 0 Å². The summed E-state index contributed by atoms with van der Waals surface area (Å²) in [6.07, 6.45) is 2.24. The van der Waals surface area contributed by atoms with Crippen molar-refractivity contribution in [2.75, 3.05) is 25.2 Å². The maximum Gasteiger partial charge on any atom is 0.242 e. The predicted molar refractivity (Wildman–Crippen MR) is 81.0 cm³/mol. The molecule has 0 aliphatic heterocycles. The summed E-state index contributed by atoms with van der Waals surface area (Å²) >= 11 is 0. The molecule has 0 saturated heterocycles. The fraction of sp³-hybridized carbons (Fsp3) is 0.545. The number of hydrogen-bond donors (Lipinski definition) is 3. The molecule has 0 bridgehead atoms. The first-order chi connectivity index (χ1) is 9.45. The van der Waals surface area contributed by atoms with E-state index in [-0.39, 0.29) is 11.4 Å². The minimum absolute atomic E-state index is 0.0108. The van der Waals surface area contributed by atoms with E-state index in [1.54, 1.807) is 20.9 Å². The molecular formula is C11H20N4O4S2. The van der Waals surface area contributed by atoms with E-state index in [4.69, 9.17) is 0 Å². The summed E-state index contributed by atoms with van der Waals surface area (Å²) in [5.74, 6) is 0.549. The third-order valence-corrected chi connectivity index (χ3v) is 4.78. The van der Waals surface area contributed by atoms with E-state index >= 15 is 0 Å². The molecule has 0 atom stereocenters. The van der Waals surface area contributed by atoms with Gasteiger partial charge in [-0.05, 0) is 26.0 Å². The van der Waals surface area contributed by atoms with E-state index in [9.17, 15) is 16.8 Å². The molecule has 3 N–H and O–H groups in total. The fourth-order valence-corrected chi connectivity index (χ4v) is 3.82. The Hall–Kier alpha value is -1.23. The van der Waals surface area contributed by atoms with Gasteiger partial charge in [0.25, 0.3) is 0 Å². The van der Waals surface area contributed by atoms with Gasteiger partial charge in [0.2, 0.25) is 20.0 Å². The minimum atomic E-state index is -3.75. The van der Waals surface area contributed by atoms with Crippen LogP contribution in [0.1, 0.15) is 13.8 Å². The van der Waals surface area contributed by atoms with Gasteiger partial charge in [0.15, 0.2) is 0 Å². The molecule has 0 amide bonds. The van der Waals surface area contributed by atoms with Crippen molar-refractivity contribution < 1.29 is 16.8 Å². The lowest BCUT2D eigenvalue weighted by Gasteiger charge is -2.25. The van der Waals surface area contributed by atoms with Crippen LogP contribution in [0.5, 0.6) is 0 Å². The lowest BCUT2D eigenvalue weighted by Crippen LogP contribution is -2.50. The van der Waals surface area contributed by atoms with Gasteiger partial charge in [0.1, 0.15) is 10.7 Å². The smallest absolute Gasteiger partial charge is 0.242 e. The van der Waals surface area contributed by atoms with Crippen molar-refractivity contribution in [2.45, 2.75) is 24.3 Å². The second-order valence-corrected chi connectivity index (χ2v) is 8.73. The molecule has 8 nitrogen and oxygen atoms in total. The summed E-state index contributed by atoms with van der Waals surface area (Å²) in [7, 11) is -5.50. The second kappa shape index (κ2) is 6.26. The predicted octanol–water partition coefficient (Wildman–Crippen LogP) is -0.271. The zero-order chi connectivity index (χ0) is 16.3. The van der Waals surface area contributed by atoms with E-state index in [0.717, 1.165) is 6.26 Å². The Bertz CT molecular complexity index is 681. The third-order valence-electron chi connectivity index (χ3n) is 2.47. The van der Waals surface area contributed by atoms with Crippen LogP contribution >= 0.6 is 0 Å². The van der Waals surface area contributed by atoms with Crippen molar-refractivity contribution in [3.63, 3.8) is 0 Å². The number of sulfonamides is 2. The molecule has 0 saturated carbocycles. The zero-order valence-electron chi connectivity index (χ0n) is 12.3. The monoisotopic (exact) mass is 336 g/mol. The van der Waals surface area contributed by atoms with Crippen molar-refractivity contribution in [3.8, 4) is 0 Å². The number of pyridine rings is 1. The molecule has 10 heteroatoms. The lowest BCUT2D eigenvalue weighted by molar-refractivity contribution is 0.446. The van der Waals surface area contributed by atoms with Gasteiger partial charge in [0.05, 0.1) is 6.26 Å². The standard InChI is InChI=1S/C11H20N4O4S2/c1-11(2,15-20(4,16)17)8-14-21(18,19)9-5-6-10(12-3)13-7-9/h5-7,14-15H,8H2,1-4H3,(H,12,13). The zero-order valence-corrected chi connectivity index (χ0v) is 14.0. The molecule has 1 aromatic heterocycles. The van der Waals surface area contributed by atoms with Gasteiger partial charge in [-0.1, -0.05) is 0 Å². The van der Waals surface area contributed by atoms with E-state index in [0.29, 0.717) is 5.82 Å². The van der Waals surface area contributed by atoms with Crippen LogP contribution in [-0.2, 0) is 20.0 Å². The average Bonchev–Trinajstić information content (AvgIpc) is 2.34. The maximum absolute atomic E-state index is 12.1. The molecule has 0 fully saturated rings. The molecular weight excluding hydrogens is 316 g/mol. The van der Waals surface area contributed by atoms with E-state index in [2.05, 4.69) is 19.7 Å². The highest BCUT2D eigenvalue weighted by molar-refractivity contribution is 7.89. The average molecular weight is 336 g/mol. The number of nitrogens with zero attached hydrogens (tertiary/aromatic N) is 1. The normalized spacial score (nSPS) is 13.1. The summed E-state index contributed by atoms with van der Waals surface area (Å²) in [6.45, 7) is 3.08. The van der Waals surface area contributed by atoms with Crippen LogP contribution in [-0.4, -0.2) is 47.2 Å². The number of hydrogen-bond acceptors (Lipinski definition) is 6. The van der Waals surface area contributed by atoms with Crippen LogP contribution in [0.2, 0.25) is 0 Å². The molecule has 1 aromatic rings. The van der Waals surface area contributed by atoms with E-state index in [1.807, 2.05) is 0 Å². The SMILES string of the molecule is CNc1ccc(S(=O)(=O)NCC(C)(C)NS(C)(=O)=O)cn1. The number of rotatable bonds is 7. The van der Waals surface area contributed by atoms with Gasteiger partial charge in [0, 0.05) is 25.3 Å². The van der Waals surface area contributed by atoms with Gasteiger partial charge in [-0.2, -0.15) is 0 Å². The van der Waals surface area contributed by atoms with Crippen LogP contribution in [0, 0.1) is 0 Å². The van der Waals surface area contributed by atoms with Gasteiger partial charge in [-0.3, -0.25) is 0 Å². The minimum Gasteiger partial charge on any atom is -0.373 e. The summed E-state index contributed by atoms with van der Waals surface area (Å²) in [5.41, 5.74) is -0.945. The number of nitrogens with one attached hydrogen (secondary N) is 3. The Morgan fingerprint density at radius 3 is 2.24 bits per heavy atom. The highest BCUT2D eigenvalue weighted by Gasteiger charge is 2.25. The Morgan fingerprint density at radius 1 is 1.19 bits per heavy atom. The van der Waals surface area contributed by atoms with E-state index in [1.165, 1.54) is 18.3 Å². The lowest BCUT2D eigenvalue weighted by atomic mass is 10.1. The molecule has 21 heavy (non-hydrogen) atoms. The Balaban J connectivity index is 2.81. The first-order valence-electron chi connectivity index (χ1n) is 6.08. The maximum atomic E-state index is 12.1. The van der Waals surface area contributed by atoms with E-state index < -0.39 is 25.6 Å². The Morgan fingerprint density at radius 2 is 1.81 bits per heavy atom. The van der Waals surface area contributed by atoms with Crippen molar-refractivity contribution in [3.05, 3.63) is 18.3 Å². The molecule has 0 aliphatic rings. The molecule has 1 heterocycles. The molecule has 0 radical (unpaired) electrons. The first kappa shape index (κ1) is 17.8. The number of aromatic nitrogens is 1. The topological polar surface area (TPSA) is 117 Å². The third kappa shape index (κ3) is 5.96. The molecule has 0 aromatic carbocycles. The highest BCUT2D eigenvalue weighted by atomic mass is 32.2. The Kier molecular flexibility index (Phi) is 5.31. The summed E-state index contributed by atoms with van der Waals surface area (Å²) in [5, 5.41) is 2.78. The van der Waals surface area contributed by atoms with Crippen molar-refractivity contribution in [2.24, 2.45) is 0 Å². The van der Waals surface area contributed by atoms with Crippen LogP contribution in [0.4, 0.5) is 5.82 Å². The molecule has 0 unspecified atom stereocenters. The quantitative estimate of drug-likeness (QED) is 0.631. The van der Waals surface area contributed by atoms with Gasteiger partial charge in [-0.15, -0.1) is 0 Å². The Labute approximate surface area is 125 Å². The van der Waals surface area contributed by atoms with Crippen molar-refractivity contribution in [1.82, 2.24) is 14.4 Å². The van der Waals surface area contributed by atoms with Crippen molar-refractivity contribution >= 4 is 25.9 Å². The van der Waals surface area contributed by atoms with Gasteiger partial charge < -0.3 is 5.32 Å². The second-order valence-electron chi connectivity index (χ2n) is 5.21. The van der Waals surface area contributed by atoms with Gasteiger partial charge in [-0.25, -0.2) is 31.3 Å². The van der Waals surface area contributed by atoms with Crippen molar-refractivity contribution in [1.29, 1.82) is 0 Å². The summed E-state index contributed by atoms with van der Waals surface area (Å²) in [6, 6.07) is 2.95. The highest BCUT2D eigenvalue weighted by Crippen LogP contribution is 2.11. The molecule has 0 aliphatic carbocycles. The van der Waals surface area contributed by atoms with Crippen LogP contribution in [0.15, 0.2) is 23.2 Å². The fourth-order valence-electron chi connectivity index (χ4n) is 1.58. The molecule has 1 rings (SSSR count). The summed E-state index contributed by atoms with van der Waals surface area (Å²) in [4.78, 5) is 3.94. The summed E-state index contributed by atoms with van der Waals surface area (Å²) < 4.78 is 51.3. The first-order valence-corrected chi connectivity index (χ1v) is 9.45. The van der Waals surface area contributed by atoms with Gasteiger partial charge >= 0.3 is 0 Å². The van der Waals surface area contributed by atoms with Crippen LogP contribution < -0.4 is 14.8 Å².